The van der Waals surface area contributed by atoms with Gasteiger partial charge in [-0.1, -0.05) is 12.1 Å². The number of hydrogen-bond donors (Lipinski definition) is 2. The van der Waals surface area contributed by atoms with Gasteiger partial charge in [-0.2, -0.15) is 0 Å². The number of hydrogen-bond acceptors (Lipinski definition) is 4. The van der Waals surface area contributed by atoms with Crippen LogP contribution in [0.15, 0.2) is 42.6 Å². The molecule has 0 bridgehead atoms. The quantitative estimate of drug-likeness (QED) is 0.835. The average molecular weight is 271 g/mol. The molecule has 2 aromatic rings. The molecule has 1 aromatic heterocycles. The summed E-state index contributed by atoms with van der Waals surface area (Å²) in [6, 6.07) is 10.5. The Balaban J connectivity index is 2.19. The van der Waals surface area contributed by atoms with E-state index >= 15 is 0 Å². The summed E-state index contributed by atoms with van der Waals surface area (Å²) >= 11 is 0. The Morgan fingerprint density at radius 2 is 2.10 bits per heavy atom. The first-order valence-corrected chi connectivity index (χ1v) is 6.27. The summed E-state index contributed by atoms with van der Waals surface area (Å²) in [7, 11) is 1.49. The molecule has 0 radical (unpaired) electrons. The molecule has 20 heavy (non-hydrogen) atoms. The molecule has 0 aliphatic heterocycles. The van der Waals surface area contributed by atoms with Crippen LogP contribution >= 0.6 is 0 Å². The molecule has 1 atom stereocenters. The topological polar surface area (TPSA) is 77.2 Å². The van der Waals surface area contributed by atoms with Crippen molar-refractivity contribution in [3.63, 3.8) is 0 Å². The van der Waals surface area contributed by atoms with Gasteiger partial charge in [0.1, 0.15) is 0 Å². The minimum absolute atomic E-state index is 0.199. The third-order valence-corrected chi connectivity index (χ3v) is 2.97. The number of rotatable bonds is 4. The summed E-state index contributed by atoms with van der Waals surface area (Å²) in [6.07, 6.45) is 1.69. The monoisotopic (exact) mass is 271 g/mol. The number of benzene rings is 1. The van der Waals surface area contributed by atoms with E-state index in [4.69, 9.17) is 10.5 Å². The second-order valence-corrected chi connectivity index (χ2v) is 4.38. The van der Waals surface area contributed by atoms with E-state index in [1.807, 2.05) is 25.1 Å². The van der Waals surface area contributed by atoms with Crippen molar-refractivity contribution >= 4 is 11.6 Å². The molecule has 5 nitrogen and oxygen atoms in total. The van der Waals surface area contributed by atoms with Crippen LogP contribution in [0.4, 0.5) is 5.69 Å². The maximum atomic E-state index is 12.3. The van der Waals surface area contributed by atoms with E-state index in [1.54, 1.807) is 24.4 Å². The number of aromatic nitrogens is 1. The number of pyridine rings is 1. The van der Waals surface area contributed by atoms with Crippen molar-refractivity contribution in [1.82, 2.24) is 10.3 Å². The lowest BCUT2D eigenvalue weighted by Crippen LogP contribution is -2.27. The fourth-order valence-corrected chi connectivity index (χ4v) is 1.94. The van der Waals surface area contributed by atoms with Crippen molar-refractivity contribution in [3.8, 4) is 5.75 Å². The van der Waals surface area contributed by atoms with Crippen LogP contribution in [-0.2, 0) is 0 Å². The molecule has 1 amide bonds. The molecular formula is C15H17N3O2. The SMILES string of the molecule is COc1c(N)cccc1C(=O)NC(C)c1ccccn1. The van der Waals surface area contributed by atoms with Crippen LogP contribution < -0.4 is 15.8 Å². The molecule has 0 aliphatic rings. The van der Waals surface area contributed by atoms with E-state index < -0.39 is 0 Å². The van der Waals surface area contributed by atoms with E-state index in [1.165, 1.54) is 7.11 Å². The number of nitrogens with two attached hydrogens (primary N) is 1. The Morgan fingerprint density at radius 1 is 1.30 bits per heavy atom. The van der Waals surface area contributed by atoms with Gasteiger partial charge < -0.3 is 15.8 Å². The summed E-state index contributed by atoms with van der Waals surface area (Å²) < 4.78 is 5.18. The van der Waals surface area contributed by atoms with Crippen molar-refractivity contribution < 1.29 is 9.53 Å². The average Bonchev–Trinajstić information content (AvgIpc) is 2.47. The molecule has 2 rings (SSSR count). The second-order valence-electron chi connectivity index (χ2n) is 4.38. The van der Waals surface area contributed by atoms with Gasteiger partial charge in [0.15, 0.2) is 5.75 Å². The first-order chi connectivity index (χ1) is 9.63. The molecule has 0 saturated heterocycles. The van der Waals surface area contributed by atoms with Crippen LogP contribution in [0.25, 0.3) is 0 Å². The van der Waals surface area contributed by atoms with Gasteiger partial charge in [-0.25, -0.2) is 0 Å². The summed E-state index contributed by atoms with van der Waals surface area (Å²) in [4.78, 5) is 16.5. The maximum absolute atomic E-state index is 12.3. The van der Waals surface area contributed by atoms with E-state index in [-0.39, 0.29) is 11.9 Å². The Kier molecular flexibility index (Phi) is 4.20. The van der Waals surface area contributed by atoms with Crippen LogP contribution in [0.1, 0.15) is 29.0 Å². The van der Waals surface area contributed by atoms with Crippen LogP contribution in [0, 0.1) is 0 Å². The number of nitrogens with one attached hydrogen (secondary N) is 1. The molecule has 0 fully saturated rings. The first kappa shape index (κ1) is 13.9. The van der Waals surface area contributed by atoms with Gasteiger partial charge in [0.2, 0.25) is 0 Å². The lowest BCUT2D eigenvalue weighted by Gasteiger charge is -2.15. The number of methoxy groups -OCH3 is 1. The molecule has 1 unspecified atom stereocenters. The zero-order valence-electron chi connectivity index (χ0n) is 11.5. The minimum Gasteiger partial charge on any atom is -0.494 e. The number of amides is 1. The number of carbonyl (C=O) groups excluding carboxylic acids is 1. The lowest BCUT2D eigenvalue weighted by atomic mass is 10.1. The third-order valence-electron chi connectivity index (χ3n) is 2.97. The molecule has 5 heteroatoms. The molecule has 0 saturated carbocycles. The smallest absolute Gasteiger partial charge is 0.255 e. The predicted molar refractivity (Wildman–Crippen MR) is 77.5 cm³/mol. The van der Waals surface area contributed by atoms with E-state index in [9.17, 15) is 4.79 Å². The van der Waals surface area contributed by atoms with Gasteiger partial charge in [0, 0.05) is 6.20 Å². The molecule has 1 heterocycles. The largest absolute Gasteiger partial charge is 0.494 e. The Labute approximate surface area is 117 Å². The Morgan fingerprint density at radius 3 is 2.75 bits per heavy atom. The van der Waals surface area contributed by atoms with Gasteiger partial charge in [-0.05, 0) is 31.2 Å². The highest BCUT2D eigenvalue weighted by Gasteiger charge is 2.17. The summed E-state index contributed by atoms with van der Waals surface area (Å²) in [5.74, 6) is 0.144. The van der Waals surface area contributed by atoms with Gasteiger partial charge in [-0.15, -0.1) is 0 Å². The highest BCUT2D eigenvalue weighted by atomic mass is 16.5. The molecule has 1 aromatic carbocycles. The molecule has 104 valence electrons. The first-order valence-electron chi connectivity index (χ1n) is 6.27. The minimum atomic E-state index is -0.243. The van der Waals surface area contributed by atoms with Crippen molar-refractivity contribution in [1.29, 1.82) is 0 Å². The highest BCUT2D eigenvalue weighted by Crippen LogP contribution is 2.26. The molecular weight excluding hydrogens is 254 g/mol. The number of anilines is 1. The number of nitrogen functional groups attached to an aromatic ring is 1. The van der Waals surface area contributed by atoms with E-state index in [0.717, 1.165) is 5.69 Å². The predicted octanol–water partition coefficient (Wildman–Crippen LogP) is 2.16. The summed E-state index contributed by atoms with van der Waals surface area (Å²) in [6.45, 7) is 1.87. The van der Waals surface area contributed by atoms with Crippen molar-refractivity contribution in [2.45, 2.75) is 13.0 Å². The summed E-state index contributed by atoms with van der Waals surface area (Å²) in [5.41, 5.74) is 7.44. The van der Waals surface area contributed by atoms with Crippen molar-refractivity contribution in [2.24, 2.45) is 0 Å². The maximum Gasteiger partial charge on any atom is 0.255 e. The van der Waals surface area contributed by atoms with Gasteiger partial charge in [0.25, 0.3) is 5.91 Å². The van der Waals surface area contributed by atoms with E-state index in [2.05, 4.69) is 10.3 Å². The van der Waals surface area contributed by atoms with Crippen LogP contribution in [0.2, 0.25) is 0 Å². The third kappa shape index (κ3) is 2.88. The number of ether oxygens (including phenoxy) is 1. The van der Waals surface area contributed by atoms with Gasteiger partial charge in [0.05, 0.1) is 30.1 Å². The lowest BCUT2D eigenvalue weighted by molar-refractivity contribution is 0.0936. The zero-order valence-corrected chi connectivity index (χ0v) is 11.5. The fraction of sp³-hybridized carbons (Fsp3) is 0.200. The van der Waals surface area contributed by atoms with Gasteiger partial charge in [-0.3, -0.25) is 9.78 Å². The zero-order chi connectivity index (χ0) is 14.5. The van der Waals surface area contributed by atoms with E-state index in [0.29, 0.717) is 17.0 Å². The Hall–Kier alpha value is -2.56. The standard InChI is InChI=1S/C15H17N3O2/c1-10(13-8-3-4-9-17-13)18-15(19)11-6-5-7-12(16)14(11)20-2/h3-10H,16H2,1-2H3,(H,18,19). The Bertz CT molecular complexity index is 599. The molecule has 0 spiro atoms. The van der Waals surface area contributed by atoms with Crippen molar-refractivity contribution in [3.05, 3.63) is 53.9 Å². The number of para-hydroxylation sites is 1. The fourth-order valence-electron chi connectivity index (χ4n) is 1.94. The second kappa shape index (κ2) is 6.06. The highest BCUT2D eigenvalue weighted by molar-refractivity contribution is 5.98. The van der Waals surface area contributed by atoms with Crippen molar-refractivity contribution in [2.75, 3.05) is 12.8 Å². The number of nitrogens with zero attached hydrogens (tertiary/aromatic N) is 1. The molecule has 0 aliphatic carbocycles. The number of carbonyl (C=O) groups is 1. The van der Waals surface area contributed by atoms with Crippen LogP contribution in [0.5, 0.6) is 5.75 Å². The normalized spacial score (nSPS) is 11.7. The summed E-state index contributed by atoms with van der Waals surface area (Å²) in [5, 5.41) is 2.88. The molecule has 3 N–H and O–H groups in total. The van der Waals surface area contributed by atoms with Gasteiger partial charge >= 0.3 is 0 Å². The van der Waals surface area contributed by atoms with Crippen LogP contribution in [-0.4, -0.2) is 18.0 Å². The van der Waals surface area contributed by atoms with Crippen LogP contribution in [0.3, 0.4) is 0 Å².